The van der Waals surface area contributed by atoms with Gasteiger partial charge in [0.15, 0.2) is 0 Å². The Morgan fingerprint density at radius 1 is 1.15 bits per heavy atom. The third kappa shape index (κ3) is 3.18. The number of nitrogens with one attached hydrogen (secondary N) is 1. The van der Waals surface area contributed by atoms with Crippen molar-refractivity contribution in [2.45, 2.75) is 0 Å². The maximum atomic E-state index is 12.1. The van der Waals surface area contributed by atoms with Crippen molar-refractivity contribution in [3.8, 4) is 6.07 Å². The number of carbonyl (C=O) groups excluding carboxylic acids is 1. The van der Waals surface area contributed by atoms with E-state index < -0.39 is 0 Å². The summed E-state index contributed by atoms with van der Waals surface area (Å²) in [5.74, 6) is -0.263. The number of hydrogen-bond acceptors (Lipinski definition) is 3. The third-order valence-corrected chi connectivity index (χ3v) is 3.83. The quantitative estimate of drug-likeness (QED) is 0.757. The summed E-state index contributed by atoms with van der Waals surface area (Å²) >= 11 is 6.71. The molecule has 0 radical (unpaired) electrons. The Labute approximate surface area is 132 Å². The first-order chi connectivity index (χ1) is 9.51. The van der Waals surface area contributed by atoms with Gasteiger partial charge in [0.05, 0.1) is 17.3 Å². The highest BCUT2D eigenvalue weighted by molar-refractivity contribution is 9.11. The molecule has 0 saturated carbocycles. The highest BCUT2D eigenvalue weighted by Gasteiger charge is 2.12. The first-order valence-corrected chi connectivity index (χ1v) is 7.16. The van der Waals surface area contributed by atoms with Gasteiger partial charge in [-0.3, -0.25) is 4.79 Å². The highest BCUT2D eigenvalue weighted by atomic mass is 79.9. The van der Waals surface area contributed by atoms with E-state index in [0.717, 1.165) is 0 Å². The van der Waals surface area contributed by atoms with Crippen LogP contribution in [0.15, 0.2) is 45.3 Å². The van der Waals surface area contributed by atoms with Gasteiger partial charge in [-0.05, 0) is 68.3 Å². The van der Waals surface area contributed by atoms with Gasteiger partial charge >= 0.3 is 0 Å². The molecule has 0 aromatic heterocycles. The van der Waals surface area contributed by atoms with Crippen LogP contribution in [0.3, 0.4) is 0 Å². The molecule has 0 spiro atoms. The molecule has 3 N–H and O–H groups in total. The van der Waals surface area contributed by atoms with Crippen molar-refractivity contribution in [3.63, 3.8) is 0 Å². The average Bonchev–Trinajstić information content (AvgIpc) is 2.42. The van der Waals surface area contributed by atoms with Crippen LogP contribution in [0.4, 0.5) is 11.4 Å². The van der Waals surface area contributed by atoms with Crippen LogP contribution >= 0.6 is 31.9 Å². The number of nitrogens with two attached hydrogens (primary N) is 1. The molecule has 0 bridgehead atoms. The Bertz CT molecular complexity index is 682. The van der Waals surface area contributed by atoms with E-state index in [1.807, 2.05) is 6.07 Å². The van der Waals surface area contributed by atoms with Crippen LogP contribution in [0.2, 0.25) is 0 Å². The van der Waals surface area contributed by atoms with E-state index in [2.05, 4.69) is 37.2 Å². The Kier molecular flexibility index (Phi) is 4.42. The van der Waals surface area contributed by atoms with Crippen LogP contribution in [0.5, 0.6) is 0 Å². The summed E-state index contributed by atoms with van der Waals surface area (Å²) in [6, 6.07) is 11.8. The van der Waals surface area contributed by atoms with Crippen molar-refractivity contribution >= 4 is 49.1 Å². The molecule has 2 aromatic carbocycles. The van der Waals surface area contributed by atoms with Crippen molar-refractivity contribution < 1.29 is 4.79 Å². The van der Waals surface area contributed by atoms with E-state index in [4.69, 9.17) is 11.0 Å². The molecule has 0 aliphatic heterocycles. The number of benzene rings is 2. The summed E-state index contributed by atoms with van der Waals surface area (Å²) in [5, 5.41) is 11.5. The van der Waals surface area contributed by atoms with E-state index in [1.165, 1.54) is 0 Å². The molecule has 0 atom stereocenters. The predicted octanol–water partition coefficient (Wildman–Crippen LogP) is 3.92. The molecule has 1 amide bonds. The van der Waals surface area contributed by atoms with Crippen LogP contribution in [-0.2, 0) is 0 Å². The van der Waals surface area contributed by atoms with Crippen LogP contribution in [0, 0.1) is 11.3 Å². The van der Waals surface area contributed by atoms with Gasteiger partial charge in [-0.1, -0.05) is 0 Å². The second-order valence-corrected chi connectivity index (χ2v) is 5.71. The van der Waals surface area contributed by atoms with Gasteiger partial charge < -0.3 is 11.1 Å². The number of carbonyl (C=O) groups is 1. The lowest BCUT2D eigenvalue weighted by Gasteiger charge is -2.10. The van der Waals surface area contributed by atoms with Crippen molar-refractivity contribution in [1.29, 1.82) is 5.26 Å². The predicted molar refractivity (Wildman–Crippen MR) is 85.4 cm³/mol. The minimum absolute atomic E-state index is 0.263. The summed E-state index contributed by atoms with van der Waals surface area (Å²) in [7, 11) is 0. The van der Waals surface area contributed by atoms with Gasteiger partial charge in [0, 0.05) is 20.2 Å². The zero-order chi connectivity index (χ0) is 14.7. The summed E-state index contributed by atoms with van der Waals surface area (Å²) in [6.07, 6.45) is 0. The Morgan fingerprint density at radius 3 is 2.20 bits per heavy atom. The number of amides is 1. The molecule has 0 fully saturated rings. The molecule has 2 rings (SSSR count). The number of nitrogens with zero attached hydrogens (tertiary/aromatic N) is 1. The second kappa shape index (κ2) is 6.07. The normalized spacial score (nSPS) is 9.85. The topological polar surface area (TPSA) is 78.9 Å². The lowest BCUT2D eigenvalue weighted by molar-refractivity contribution is 0.102. The van der Waals surface area contributed by atoms with Gasteiger partial charge in [-0.25, -0.2) is 0 Å². The van der Waals surface area contributed by atoms with E-state index >= 15 is 0 Å². The molecule has 0 aliphatic rings. The molecule has 6 heteroatoms. The molecular formula is C14H9Br2N3O. The van der Waals surface area contributed by atoms with Crippen LogP contribution in [0.25, 0.3) is 0 Å². The van der Waals surface area contributed by atoms with Gasteiger partial charge in [-0.2, -0.15) is 5.26 Å². The fourth-order valence-electron chi connectivity index (χ4n) is 1.59. The van der Waals surface area contributed by atoms with Crippen molar-refractivity contribution in [3.05, 3.63) is 56.5 Å². The average molecular weight is 395 g/mol. The molecule has 0 unspecified atom stereocenters. The van der Waals surface area contributed by atoms with E-state index in [1.54, 1.807) is 36.4 Å². The number of rotatable bonds is 2. The molecule has 0 saturated heterocycles. The molecule has 0 heterocycles. The molecule has 2 aromatic rings. The van der Waals surface area contributed by atoms with E-state index in [0.29, 0.717) is 31.4 Å². The molecule has 20 heavy (non-hydrogen) atoms. The fraction of sp³-hybridized carbons (Fsp3) is 0. The summed E-state index contributed by atoms with van der Waals surface area (Å²) in [4.78, 5) is 12.1. The largest absolute Gasteiger partial charge is 0.399 e. The van der Waals surface area contributed by atoms with Crippen molar-refractivity contribution in [2.75, 3.05) is 11.1 Å². The first kappa shape index (κ1) is 14.6. The van der Waals surface area contributed by atoms with Gasteiger partial charge in [0.25, 0.3) is 5.91 Å². The lowest BCUT2D eigenvalue weighted by atomic mass is 10.1. The van der Waals surface area contributed by atoms with E-state index in [9.17, 15) is 4.79 Å². The maximum absolute atomic E-state index is 12.1. The smallest absolute Gasteiger partial charge is 0.255 e. The SMILES string of the molecule is N#Cc1ccc(C(=O)Nc2c(Br)cc(N)cc2Br)cc1. The van der Waals surface area contributed by atoms with Gasteiger partial charge in [0.2, 0.25) is 0 Å². The van der Waals surface area contributed by atoms with Gasteiger partial charge in [0.1, 0.15) is 0 Å². The minimum Gasteiger partial charge on any atom is -0.399 e. The van der Waals surface area contributed by atoms with Crippen molar-refractivity contribution in [1.82, 2.24) is 0 Å². The number of nitrogen functional groups attached to an aromatic ring is 1. The number of hydrogen-bond donors (Lipinski definition) is 2. The third-order valence-electron chi connectivity index (χ3n) is 2.58. The van der Waals surface area contributed by atoms with Crippen molar-refractivity contribution in [2.24, 2.45) is 0 Å². The van der Waals surface area contributed by atoms with Crippen LogP contribution in [-0.4, -0.2) is 5.91 Å². The number of halogens is 2. The summed E-state index contributed by atoms with van der Waals surface area (Å²) in [6.45, 7) is 0. The highest BCUT2D eigenvalue weighted by Crippen LogP contribution is 2.33. The molecule has 0 aliphatic carbocycles. The van der Waals surface area contributed by atoms with Gasteiger partial charge in [-0.15, -0.1) is 0 Å². The first-order valence-electron chi connectivity index (χ1n) is 5.57. The standard InChI is InChI=1S/C14H9Br2N3O/c15-11-5-10(18)6-12(16)13(11)19-14(20)9-3-1-8(7-17)2-4-9/h1-6H,18H2,(H,19,20). The second-order valence-electron chi connectivity index (χ2n) is 4.00. The van der Waals surface area contributed by atoms with Crippen LogP contribution < -0.4 is 11.1 Å². The Balaban J connectivity index is 2.26. The molecular weight excluding hydrogens is 386 g/mol. The monoisotopic (exact) mass is 393 g/mol. The number of nitriles is 1. The zero-order valence-corrected chi connectivity index (χ0v) is 13.3. The Morgan fingerprint density at radius 2 is 1.70 bits per heavy atom. The lowest BCUT2D eigenvalue weighted by Crippen LogP contribution is -2.12. The molecule has 100 valence electrons. The summed E-state index contributed by atoms with van der Waals surface area (Å²) < 4.78 is 1.37. The van der Waals surface area contributed by atoms with Crippen LogP contribution in [0.1, 0.15) is 15.9 Å². The van der Waals surface area contributed by atoms with E-state index in [-0.39, 0.29) is 5.91 Å². The summed E-state index contributed by atoms with van der Waals surface area (Å²) in [5.41, 5.74) is 7.87. The minimum atomic E-state index is -0.263. The molecule has 4 nitrogen and oxygen atoms in total. The zero-order valence-electron chi connectivity index (χ0n) is 10.2. The Hall–Kier alpha value is -1.84. The number of anilines is 2. The maximum Gasteiger partial charge on any atom is 0.255 e. The fourth-order valence-corrected chi connectivity index (χ4v) is 3.01.